The summed E-state index contributed by atoms with van der Waals surface area (Å²) in [5.41, 5.74) is 8.87. The average molecular weight is 449 g/mol. The predicted molar refractivity (Wildman–Crippen MR) is 129 cm³/mol. The molecule has 0 radical (unpaired) electrons. The molecule has 0 aliphatic heterocycles. The minimum absolute atomic E-state index is 0.260. The number of amides is 2. The summed E-state index contributed by atoms with van der Waals surface area (Å²) < 4.78 is 0. The van der Waals surface area contributed by atoms with Crippen LogP contribution in [0.25, 0.3) is 0 Å². The Hall–Kier alpha value is -3.64. The number of halogens is 1. The van der Waals surface area contributed by atoms with Crippen molar-refractivity contribution in [1.29, 1.82) is 0 Å². The minimum atomic E-state index is -0.847. The molecule has 7 heteroatoms. The van der Waals surface area contributed by atoms with Gasteiger partial charge < -0.3 is 10.6 Å². The van der Waals surface area contributed by atoms with Crippen molar-refractivity contribution in [2.75, 3.05) is 5.32 Å². The second kappa shape index (κ2) is 10.6. The lowest BCUT2D eigenvalue weighted by atomic mass is 10.1. The molecule has 3 aromatic carbocycles. The summed E-state index contributed by atoms with van der Waals surface area (Å²) in [5, 5.41) is 10.4. The largest absolute Gasteiger partial charge is 0.355 e. The van der Waals surface area contributed by atoms with E-state index in [0.717, 1.165) is 33.6 Å². The van der Waals surface area contributed by atoms with E-state index in [9.17, 15) is 9.59 Å². The van der Waals surface area contributed by atoms with E-state index in [1.807, 2.05) is 69.3 Å². The number of nitrogens with one attached hydrogen (secondary N) is 3. The molecule has 0 bridgehead atoms. The molecule has 0 aromatic heterocycles. The molecule has 2 amide bonds. The van der Waals surface area contributed by atoms with Crippen LogP contribution in [-0.2, 0) is 16.1 Å². The monoisotopic (exact) mass is 448 g/mol. The highest BCUT2D eigenvalue weighted by atomic mass is 35.5. The fourth-order valence-electron chi connectivity index (χ4n) is 3.07. The molecule has 6 nitrogen and oxygen atoms in total. The Labute approximate surface area is 192 Å². The van der Waals surface area contributed by atoms with Gasteiger partial charge in [-0.05, 0) is 61.7 Å². The Kier molecular flexibility index (Phi) is 7.63. The van der Waals surface area contributed by atoms with Gasteiger partial charge in [0, 0.05) is 28.5 Å². The van der Waals surface area contributed by atoms with Crippen LogP contribution in [0.15, 0.2) is 65.8 Å². The van der Waals surface area contributed by atoms with Crippen molar-refractivity contribution in [1.82, 2.24) is 10.7 Å². The zero-order valence-corrected chi connectivity index (χ0v) is 19.0. The maximum atomic E-state index is 12.1. The van der Waals surface area contributed by atoms with Crippen molar-refractivity contribution in [2.45, 2.75) is 27.3 Å². The zero-order valence-electron chi connectivity index (χ0n) is 18.2. The molecule has 0 aliphatic rings. The molecular formula is C25H25ClN4O2. The molecule has 3 aromatic rings. The number of carbonyl (C=O) groups is 2. The molecule has 0 atom stereocenters. The third kappa shape index (κ3) is 6.43. The van der Waals surface area contributed by atoms with Gasteiger partial charge in [0.25, 0.3) is 0 Å². The Bertz CT molecular complexity index is 1170. The molecule has 0 saturated heterocycles. The van der Waals surface area contributed by atoms with Gasteiger partial charge in [-0.25, -0.2) is 5.43 Å². The summed E-state index contributed by atoms with van der Waals surface area (Å²) in [6.07, 6.45) is 1.45. The number of hydrogen-bond acceptors (Lipinski definition) is 4. The molecule has 164 valence electrons. The van der Waals surface area contributed by atoms with Crippen molar-refractivity contribution >= 4 is 41.0 Å². The molecule has 0 spiro atoms. The maximum Gasteiger partial charge on any atom is 0.329 e. The first-order valence-electron chi connectivity index (χ1n) is 10.1. The first-order valence-corrected chi connectivity index (χ1v) is 10.5. The van der Waals surface area contributed by atoms with Gasteiger partial charge in [0.2, 0.25) is 0 Å². The zero-order chi connectivity index (χ0) is 23.1. The number of anilines is 2. The number of hydrazone groups is 1. The summed E-state index contributed by atoms with van der Waals surface area (Å²) in [7, 11) is 0. The summed E-state index contributed by atoms with van der Waals surface area (Å²) in [4.78, 5) is 24.1. The van der Waals surface area contributed by atoms with E-state index in [1.54, 1.807) is 12.1 Å². The van der Waals surface area contributed by atoms with Gasteiger partial charge in [0.05, 0.1) is 6.21 Å². The average Bonchev–Trinajstić information content (AvgIpc) is 2.76. The first kappa shape index (κ1) is 23.0. The van der Waals surface area contributed by atoms with Crippen LogP contribution in [0, 0.1) is 20.8 Å². The first-order chi connectivity index (χ1) is 15.3. The highest BCUT2D eigenvalue weighted by Crippen LogP contribution is 2.26. The Morgan fingerprint density at radius 3 is 2.47 bits per heavy atom. The number of nitrogens with zero attached hydrogens (tertiary/aromatic N) is 1. The fourth-order valence-corrected chi connectivity index (χ4v) is 3.25. The standard InChI is InChI=1S/C25H25ClN4O2/c1-16-5-4-6-19(11-16)14-27-24(31)25(32)30-28-15-20-13-21(26)9-10-22(20)29-23-12-17(2)7-8-18(23)3/h4-13,15,29H,14H2,1-3H3,(H,27,31)(H,30,32)/b28-15-. The molecule has 3 rings (SSSR count). The van der Waals surface area contributed by atoms with Crippen LogP contribution in [-0.4, -0.2) is 18.0 Å². The van der Waals surface area contributed by atoms with Crippen molar-refractivity contribution in [3.8, 4) is 0 Å². The summed E-state index contributed by atoms with van der Waals surface area (Å²) in [6.45, 7) is 6.26. The molecule has 0 unspecified atom stereocenters. The second-order valence-electron chi connectivity index (χ2n) is 7.55. The van der Waals surface area contributed by atoms with E-state index < -0.39 is 11.8 Å². The van der Waals surface area contributed by atoms with Crippen LogP contribution in [0.1, 0.15) is 27.8 Å². The number of carbonyl (C=O) groups excluding carboxylic acids is 2. The van der Waals surface area contributed by atoms with Crippen LogP contribution in [0.2, 0.25) is 5.02 Å². The molecular weight excluding hydrogens is 424 g/mol. The van der Waals surface area contributed by atoms with E-state index in [-0.39, 0.29) is 6.54 Å². The van der Waals surface area contributed by atoms with Crippen LogP contribution in [0.5, 0.6) is 0 Å². The van der Waals surface area contributed by atoms with Gasteiger partial charge in [-0.15, -0.1) is 0 Å². The van der Waals surface area contributed by atoms with Crippen LogP contribution < -0.4 is 16.1 Å². The SMILES string of the molecule is Cc1cccc(CNC(=O)C(=O)N/N=C\c2cc(Cl)ccc2Nc2cc(C)ccc2C)c1. The summed E-state index contributed by atoms with van der Waals surface area (Å²) >= 11 is 6.14. The quantitative estimate of drug-likeness (QED) is 0.288. The lowest BCUT2D eigenvalue weighted by Crippen LogP contribution is -2.37. The van der Waals surface area contributed by atoms with Crippen molar-refractivity contribution in [3.05, 3.63) is 93.5 Å². The summed E-state index contributed by atoms with van der Waals surface area (Å²) in [5.74, 6) is -1.61. The lowest BCUT2D eigenvalue weighted by molar-refractivity contribution is -0.139. The smallest absolute Gasteiger partial charge is 0.329 e. The van der Waals surface area contributed by atoms with Crippen LogP contribution in [0.3, 0.4) is 0 Å². The normalized spacial score (nSPS) is 10.8. The lowest BCUT2D eigenvalue weighted by Gasteiger charge is -2.13. The Morgan fingerprint density at radius 2 is 1.69 bits per heavy atom. The van der Waals surface area contributed by atoms with Gasteiger partial charge in [0.15, 0.2) is 0 Å². The van der Waals surface area contributed by atoms with Gasteiger partial charge in [0.1, 0.15) is 0 Å². The van der Waals surface area contributed by atoms with Crippen molar-refractivity contribution < 1.29 is 9.59 Å². The molecule has 0 heterocycles. The highest BCUT2D eigenvalue weighted by Gasteiger charge is 2.12. The third-order valence-electron chi connectivity index (χ3n) is 4.79. The molecule has 0 fully saturated rings. The second-order valence-corrected chi connectivity index (χ2v) is 7.98. The van der Waals surface area contributed by atoms with E-state index in [4.69, 9.17) is 11.6 Å². The van der Waals surface area contributed by atoms with Crippen molar-refractivity contribution in [3.63, 3.8) is 0 Å². The van der Waals surface area contributed by atoms with Crippen LogP contribution in [0.4, 0.5) is 11.4 Å². The Balaban J connectivity index is 1.64. The number of aryl methyl sites for hydroxylation is 3. The summed E-state index contributed by atoms with van der Waals surface area (Å²) in [6, 6.07) is 19.1. The highest BCUT2D eigenvalue weighted by molar-refractivity contribution is 6.35. The number of hydrogen-bond donors (Lipinski definition) is 3. The topological polar surface area (TPSA) is 82.6 Å². The van der Waals surface area contributed by atoms with E-state index in [1.165, 1.54) is 6.21 Å². The van der Waals surface area contributed by atoms with E-state index in [2.05, 4.69) is 21.2 Å². The van der Waals surface area contributed by atoms with Crippen molar-refractivity contribution in [2.24, 2.45) is 5.10 Å². The van der Waals surface area contributed by atoms with Crippen LogP contribution >= 0.6 is 11.6 Å². The minimum Gasteiger partial charge on any atom is -0.355 e. The Morgan fingerprint density at radius 1 is 0.906 bits per heavy atom. The fraction of sp³-hybridized carbons (Fsp3) is 0.160. The number of rotatable bonds is 6. The maximum absolute atomic E-state index is 12.1. The van der Waals surface area contributed by atoms with Gasteiger partial charge in [-0.2, -0.15) is 5.10 Å². The predicted octanol–water partition coefficient (Wildman–Crippen LogP) is 4.78. The van der Waals surface area contributed by atoms with E-state index in [0.29, 0.717) is 10.6 Å². The van der Waals surface area contributed by atoms with Gasteiger partial charge in [-0.1, -0.05) is 53.6 Å². The molecule has 0 saturated carbocycles. The third-order valence-corrected chi connectivity index (χ3v) is 5.02. The molecule has 32 heavy (non-hydrogen) atoms. The molecule has 3 N–H and O–H groups in total. The van der Waals surface area contributed by atoms with Gasteiger partial charge >= 0.3 is 11.8 Å². The molecule has 0 aliphatic carbocycles. The number of benzene rings is 3. The van der Waals surface area contributed by atoms with Gasteiger partial charge in [-0.3, -0.25) is 9.59 Å². The van der Waals surface area contributed by atoms with E-state index >= 15 is 0 Å².